The highest BCUT2D eigenvalue weighted by atomic mass is 19.1. The van der Waals surface area contributed by atoms with E-state index in [1.165, 1.54) is 64.7 Å². The zero-order valence-corrected chi connectivity index (χ0v) is 32.7. The van der Waals surface area contributed by atoms with Crippen LogP contribution in [-0.2, 0) is 0 Å². The van der Waals surface area contributed by atoms with Crippen LogP contribution in [0.3, 0.4) is 0 Å². The minimum absolute atomic E-state index is 0.132. The van der Waals surface area contributed by atoms with Gasteiger partial charge in [-0.15, -0.1) is 0 Å². The molecule has 0 aliphatic heterocycles. The van der Waals surface area contributed by atoms with Crippen LogP contribution in [0.1, 0.15) is 52.3 Å². The maximum atomic E-state index is 12.3. The zero-order chi connectivity index (χ0) is 40.3. The van der Waals surface area contributed by atoms with Crippen LogP contribution in [0.5, 0.6) is 0 Å². The van der Waals surface area contributed by atoms with Crippen molar-refractivity contribution in [2.75, 3.05) is 0 Å². The first-order chi connectivity index (χ1) is 25.7. The predicted molar refractivity (Wildman–Crippen MR) is 219 cm³/mol. The van der Waals surface area contributed by atoms with Gasteiger partial charge in [0.15, 0.2) is 0 Å². The van der Waals surface area contributed by atoms with Gasteiger partial charge in [0, 0.05) is 6.07 Å². The van der Waals surface area contributed by atoms with Gasteiger partial charge < -0.3 is 0 Å². The molecule has 7 rings (SSSR count). The second-order valence-electron chi connectivity index (χ2n) is 12.6. The number of hydrogen-bond acceptors (Lipinski definition) is 0. The molecule has 54 heavy (non-hydrogen) atoms. The number of benzene rings is 6. The standard InChI is InChI=1S/C8H10.C7H6F2.3C7H7F.C7H8.C6H8/c1-7-5-3-4-6-8(7)2;1-5-2-6(8)4-7(9)3-5;1-6-2-4-7(8)5-3-6;1-6-3-2-4-7(8)5-6;1-6-4-2-3-5-7(6)8;1-7-5-3-2-4-6-7;1-6-4-2-3-5-6/h3-6H,1-2H3;2-4H,1H3;3*2-5H,1H3;2-6H,1H3;2,4-5H,3H2,1H3. The molecule has 1 aliphatic rings. The van der Waals surface area contributed by atoms with Gasteiger partial charge in [-0.3, -0.25) is 0 Å². The van der Waals surface area contributed by atoms with Crippen LogP contribution in [0.15, 0.2) is 169 Å². The Morgan fingerprint density at radius 1 is 0.352 bits per heavy atom. The average molecular weight is 737 g/mol. The second-order valence-corrected chi connectivity index (χ2v) is 12.6. The van der Waals surface area contributed by atoms with Gasteiger partial charge in [-0.25, -0.2) is 22.0 Å². The first kappa shape index (κ1) is 46.5. The Kier molecular flexibility index (Phi) is 23.3. The highest BCUT2D eigenvalue weighted by Crippen LogP contribution is 2.07. The fourth-order valence-electron chi connectivity index (χ4n) is 4.15. The summed E-state index contributed by atoms with van der Waals surface area (Å²) in [5.41, 5.74) is 8.81. The fraction of sp³-hybridized carbons (Fsp3) is 0.184. The van der Waals surface area contributed by atoms with Crippen molar-refractivity contribution < 1.29 is 22.0 Å². The molecule has 0 saturated heterocycles. The van der Waals surface area contributed by atoms with Crippen LogP contribution in [0.2, 0.25) is 0 Å². The van der Waals surface area contributed by atoms with Crippen LogP contribution in [0.25, 0.3) is 0 Å². The van der Waals surface area contributed by atoms with Crippen molar-refractivity contribution in [3.05, 3.63) is 237 Å². The largest absolute Gasteiger partial charge is 0.207 e. The Balaban J connectivity index is 0.000000316. The van der Waals surface area contributed by atoms with Crippen molar-refractivity contribution in [2.45, 2.75) is 61.8 Å². The monoisotopic (exact) mass is 736 g/mol. The summed E-state index contributed by atoms with van der Waals surface area (Å²) in [7, 11) is 0. The molecule has 0 saturated carbocycles. The van der Waals surface area contributed by atoms with Crippen LogP contribution >= 0.6 is 0 Å². The molecule has 0 heterocycles. The Morgan fingerprint density at radius 2 is 0.815 bits per heavy atom. The smallest absolute Gasteiger partial charge is 0.126 e. The molecule has 0 amide bonds. The third-order valence-corrected chi connectivity index (χ3v) is 7.40. The third kappa shape index (κ3) is 23.8. The van der Waals surface area contributed by atoms with Gasteiger partial charge in [0.2, 0.25) is 0 Å². The molecule has 0 radical (unpaired) electrons. The molecule has 284 valence electrons. The van der Waals surface area contributed by atoms with Crippen LogP contribution in [-0.4, -0.2) is 0 Å². The molecule has 5 heteroatoms. The molecule has 6 aromatic carbocycles. The lowest BCUT2D eigenvalue weighted by Gasteiger charge is -1.93. The summed E-state index contributed by atoms with van der Waals surface area (Å²) in [4.78, 5) is 0. The third-order valence-electron chi connectivity index (χ3n) is 7.40. The normalized spacial score (nSPS) is 10.3. The van der Waals surface area contributed by atoms with Crippen molar-refractivity contribution in [3.63, 3.8) is 0 Å². The molecule has 0 atom stereocenters. The summed E-state index contributed by atoms with van der Waals surface area (Å²) in [5, 5.41) is 0. The van der Waals surface area contributed by atoms with Gasteiger partial charge in [0.1, 0.15) is 29.1 Å². The van der Waals surface area contributed by atoms with Crippen molar-refractivity contribution >= 4 is 0 Å². The van der Waals surface area contributed by atoms with Crippen molar-refractivity contribution in [1.82, 2.24) is 0 Å². The average Bonchev–Trinajstić information content (AvgIpc) is 3.61. The molecule has 0 unspecified atom stereocenters. The molecular formula is C49H53F5. The van der Waals surface area contributed by atoms with Gasteiger partial charge >= 0.3 is 0 Å². The highest BCUT2D eigenvalue weighted by molar-refractivity contribution is 5.24. The maximum Gasteiger partial charge on any atom is 0.126 e. The zero-order valence-electron chi connectivity index (χ0n) is 32.7. The van der Waals surface area contributed by atoms with Gasteiger partial charge in [0.25, 0.3) is 0 Å². The van der Waals surface area contributed by atoms with Crippen LogP contribution in [0.4, 0.5) is 22.0 Å². The highest BCUT2D eigenvalue weighted by Gasteiger charge is 1.94. The van der Waals surface area contributed by atoms with E-state index >= 15 is 0 Å². The molecule has 1 aliphatic carbocycles. The molecular weight excluding hydrogens is 684 g/mol. The first-order valence-electron chi connectivity index (χ1n) is 17.6. The maximum absolute atomic E-state index is 12.3. The molecule has 0 nitrogen and oxygen atoms in total. The summed E-state index contributed by atoms with van der Waals surface area (Å²) in [6.07, 6.45) is 7.65. The number of rotatable bonds is 0. The number of aryl methyl sites for hydroxylation is 7. The minimum Gasteiger partial charge on any atom is -0.207 e. The minimum atomic E-state index is -0.521. The predicted octanol–water partition coefficient (Wildman–Crippen LogP) is 14.9. The van der Waals surface area contributed by atoms with E-state index in [1.807, 2.05) is 44.2 Å². The number of halogens is 5. The van der Waals surface area contributed by atoms with E-state index in [-0.39, 0.29) is 17.5 Å². The number of allylic oxidation sites excluding steroid dienone is 4. The fourth-order valence-corrected chi connectivity index (χ4v) is 4.15. The SMILES string of the molecule is CC1=CCC=C1.Cc1cc(F)cc(F)c1.Cc1ccc(F)cc1.Cc1cccc(F)c1.Cc1ccccc1.Cc1ccccc1C.Cc1ccccc1F. The summed E-state index contributed by atoms with van der Waals surface area (Å²) < 4.78 is 60.9. The van der Waals surface area contributed by atoms with E-state index < -0.39 is 11.6 Å². The number of hydrogen-bond donors (Lipinski definition) is 0. The molecule has 0 aromatic heterocycles. The lowest BCUT2D eigenvalue weighted by Crippen LogP contribution is -1.80. The van der Waals surface area contributed by atoms with E-state index in [1.54, 1.807) is 44.2 Å². The molecule has 0 N–H and O–H groups in total. The molecule has 0 spiro atoms. The quantitative estimate of drug-likeness (QED) is 0.136. The lowest BCUT2D eigenvalue weighted by atomic mass is 10.1. The van der Waals surface area contributed by atoms with Crippen LogP contribution < -0.4 is 0 Å². The van der Waals surface area contributed by atoms with E-state index in [4.69, 9.17) is 0 Å². The second kappa shape index (κ2) is 27.1. The van der Waals surface area contributed by atoms with E-state index in [2.05, 4.69) is 82.3 Å². The van der Waals surface area contributed by atoms with E-state index in [0.29, 0.717) is 11.1 Å². The van der Waals surface area contributed by atoms with Crippen molar-refractivity contribution in [3.8, 4) is 0 Å². The van der Waals surface area contributed by atoms with Gasteiger partial charge in [-0.1, -0.05) is 132 Å². The summed E-state index contributed by atoms with van der Waals surface area (Å²) >= 11 is 0. The Labute approximate surface area is 320 Å². The molecule has 6 aromatic rings. The van der Waals surface area contributed by atoms with Crippen molar-refractivity contribution in [2.24, 2.45) is 0 Å². The molecule has 0 fully saturated rings. The van der Waals surface area contributed by atoms with Gasteiger partial charge in [-0.2, -0.15) is 0 Å². The molecule has 0 bridgehead atoms. The van der Waals surface area contributed by atoms with Crippen LogP contribution in [0, 0.1) is 77.6 Å². The van der Waals surface area contributed by atoms with Gasteiger partial charge in [-0.05, 0) is 132 Å². The summed E-state index contributed by atoms with van der Waals surface area (Å²) in [6.45, 7) is 15.6. The summed E-state index contributed by atoms with van der Waals surface area (Å²) in [5.74, 6) is -1.51. The Morgan fingerprint density at radius 3 is 1.11 bits per heavy atom. The lowest BCUT2D eigenvalue weighted by molar-refractivity contribution is 0.581. The van der Waals surface area contributed by atoms with E-state index in [0.717, 1.165) is 23.6 Å². The summed E-state index contributed by atoms with van der Waals surface area (Å²) in [6, 6.07) is 41.6. The Hall–Kier alpha value is -5.55. The van der Waals surface area contributed by atoms with E-state index in [9.17, 15) is 22.0 Å². The Bertz CT molecular complexity index is 1780. The first-order valence-corrected chi connectivity index (χ1v) is 17.6. The van der Waals surface area contributed by atoms with Gasteiger partial charge in [0.05, 0.1) is 0 Å². The topological polar surface area (TPSA) is 0 Å². The van der Waals surface area contributed by atoms with Crippen molar-refractivity contribution in [1.29, 1.82) is 0 Å².